The molecule has 19 heavy (non-hydrogen) atoms. The van der Waals surface area contributed by atoms with Gasteiger partial charge in [0.1, 0.15) is 5.75 Å². The molecule has 0 amide bonds. The zero-order valence-corrected chi connectivity index (χ0v) is 11.4. The first-order valence-corrected chi connectivity index (χ1v) is 6.90. The van der Waals surface area contributed by atoms with Gasteiger partial charge in [0.15, 0.2) is 0 Å². The van der Waals surface area contributed by atoms with Crippen molar-refractivity contribution in [2.45, 2.75) is 38.0 Å². The molecule has 0 heterocycles. The third-order valence-corrected chi connectivity index (χ3v) is 4.04. The molecule has 1 unspecified atom stereocenters. The highest BCUT2D eigenvalue weighted by molar-refractivity contribution is 6.32. The molecule has 0 aromatic heterocycles. The van der Waals surface area contributed by atoms with E-state index in [4.69, 9.17) is 17.3 Å². The number of phenolic OH excluding ortho intramolecular Hbond substituents is 1. The highest BCUT2D eigenvalue weighted by Gasteiger charge is 2.28. The van der Waals surface area contributed by atoms with Crippen molar-refractivity contribution in [3.63, 3.8) is 0 Å². The van der Waals surface area contributed by atoms with E-state index in [0.717, 1.165) is 43.2 Å². The number of aromatic hydroxyl groups is 1. The van der Waals surface area contributed by atoms with Crippen molar-refractivity contribution in [3.05, 3.63) is 27.8 Å². The molecule has 0 spiro atoms. The number of phenols is 1. The van der Waals surface area contributed by atoms with E-state index in [0.29, 0.717) is 5.56 Å². The van der Waals surface area contributed by atoms with Gasteiger partial charge in [-0.3, -0.25) is 4.79 Å². The van der Waals surface area contributed by atoms with Crippen LogP contribution in [0.3, 0.4) is 0 Å². The average Bonchev–Trinajstić information content (AvgIpc) is 2.59. The average molecular weight is 284 g/mol. The Labute approximate surface area is 117 Å². The van der Waals surface area contributed by atoms with Gasteiger partial charge in [-0.05, 0) is 42.9 Å². The second-order valence-electron chi connectivity index (χ2n) is 4.95. The molecule has 104 valence electrons. The van der Waals surface area contributed by atoms with Crippen molar-refractivity contribution < 1.29 is 15.0 Å². The van der Waals surface area contributed by atoms with Crippen molar-refractivity contribution in [2.24, 2.45) is 5.73 Å². The number of carboxylic acid groups (broad SMARTS) is 1. The monoisotopic (exact) mass is 283 g/mol. The van der Waals surface area contributed by atoms with Crippen LogP contribution in [-0.4, -0.2) is 22.7 Å². The lowest BCUT2D eigenvalue weighted by atomic mass is 9.88. The molecular formula is C14H18ClNO3. The standard InChI is InChI=1S/C14H18ClNO3/c15-11-6-8-4-2-1-3-5-9(8)12(13(11)17)10(7-16)14(18)19/h6,10,17H,1-5,7,16H2,(H,18,19). The molecule has 4 N–H and O–H groups in total. The number of aryl methyl sites for hydroxylation is 1. The highest BCUT2D eigenvalue weighted by atomic mass is 35.5. The first-order valence-electron chi connectivity index (χ1n) is 6.52. The first kappa shape index (κ1) is 14.2. The van der Waals surface area contributed by atoms with Crippen molar-refractivity contribution in [3.8, 4) is 5.75 Å². The summed E-state index contributed by atoms with van der Waals surface area (Å²) in [5, 5.41) is 19.6. The number of carboxylic acids is 1. The Morgan fingerprint density at radius 2 is 2.05 bits per heavy atom. The van der Waals surface area contributed by atoms with E-state index in [2.05, 4.69) is 0 Å². The van der Waals surface area contributed by atoms with Crippen molar-refractivity contribution >= 4 is 17.6 Å². The van der Waals surface area contributed by atoms with Gasteiger partial charge in [-0.15, -0.1) is 0 Å². The molecular weight excluding hydrogens is 266 g/mol. The molecule has 0 bridgehead atoms. The second-order valence-corrected chi connectivity index (χ2v) is 5.35. The quantitative estimate of drug-likeness (QED) is 0.744. The summed E-state index contributed by atoms with van der Waals surface area (Å²) in [6.45, 7) is -0.0460. The van der Waals surface area contributed by atoms with Crippen LogP contribution in [0.4, 0.5) is 0 Å². The molecule has 0 saturated heterocycles. The third-order valence-electron chi connectivity index (χ3n) is 3.75. The summed E-state index contributed by atoms with van der Waals surface area (Å²) in [5.74, 6) is -2.04. The minimum Gasteiger partial charge on any atom is -0.506 e. The first-order chi connectivity index (χ1) is 9.06. The maximum Gasteiger partial charge on any atom is 0.312 e. The fourth-order valence-corrected chi connectivity index (χ4v) is 3.02. The molecule has 1 aromatic carbocycles. The third kappa shape index (κ3) is 2.69. The van der Waals surface area contributed by atoms with Crippen LogP contribution in [0.25, 0.3) is 0 Å². The van der Waals surface area contributed by atoms with E-state index in [1.54, 1.807) is 6.07 Å². The summed E-state index contributed by atoms with van der Waals surface area (Å²) in [4.78, 5) is 11.3. The van der Waals surface area contributed by atoms with Crippen molar-refractivity contribution in [1.29, 1.82) is 0 Å². The van der Waals surface area contributed by atoms with Crippen LogP contribution in [-0.2, 0) is 17.6 Å². The highest BCUT2D eigenvalue weighted by Crippen LogP contribution is 2.39. The SMILES string of the molecule is NCC(C(=O)O)c1c(O)c(Cl)cc2c1CCCCC2. The molecule has 1 aliphatic carbocycles. The van der Waals surface area contributed by atoms with Gasteiger partial charge in [0, 0.05) is 12.1 Å². The van der Waals surface area contributed by atoms with E-state index >= 15 is 0 Å². The Morgan fingerprint density at radius 3 is 2.68 bits per heavy atom. The van der Waals surface area contributed by atoms with Gasteiger partial charge in [-0.25, -0.2) is 0 Å². The fourth-order valence-electron chi connectivity index (χ4n) is 2.78. The van der Waals surface area contributed by atoms with E-state index in [1.165, 1.54) is 0 Å². The van der Waals surface area contributed by atoms with E-state index < -0.39 is 11.9 Å². The Morgan fingerprint density at radius 1 is 1.37 bits per heavy atom. The molecule has 2 rings (SSSR count). The van der Waals surface area contributed by atoms with Gasteiger partial charge < -0.3 is 15.9 Å². The summed E-state index contributed by atoms with van der Waals surface area (Å²) in [6.07, 6.45) is 4.82. The Bertz CT molecular complexity index is 502. The summed E-state index contributed by atoms with van der Waals surface area (Å²) in [5.41, 5.74) is 7.96. The van der Waals surface area contributed by atoms with Gasteiger partial charge in [-0.1, -0.05) is 18.0 Å². The van der Waals surface area contributed by atoms with E-state index in [9.17, 15) is 15.0 Å². The predicted octanol–water partition coefficient (Wildman–Crippen LogP) is 2.44. The van der Waals surface area contributed by atoms with Crippen LogP contribution >= 0.6 is 11.6 Å². The predicted molar refractivity (Wildman–Crippen MR) is 73.8 cm³/mol. The number of fused-ring (bicyclic) bond motifs is 1. The largest absolute Gasteiger partial charge is 0.506 e. The summed E-state index contributed by atoms with van der Waals surface area (Å²) in [7, 11) is 0. The number of benzene rings is 1. The summed E-state index contributed by atoms with van der Waals surface area (Å²) in [6, 6.07) is 1.76. The number of nitrogens with two attached hydrogens (primary N) is 1. The maximum absolute atomic E-state index is 11.3. The Balaban J connectivity index is 2.62. The van der Waals surface area contributed by atoms with Crippen LogP contribution in [0.15, 0.2) is 6.07 Å². The smallest absolute Gasteiger partial charge is 0.312 e. The topological polar surface area (TPSA) is 83.6 Å². The Kier molecular flexibility index (Phi) is 4.32. The summed E-state index contributed by atoms with van der Waals surface area (Å²) < 4.78 is 0. The number of rotatable bonds is 3. The van der Waals surface area contributed by atoms with E-state index in [1.807, 2.05) is 0 Å². The lowest BCUT2D eigenvalue weighted by Crippen LogP contribution is -2.23. The molecule has 0 radical (unpaired) electrons. The van der Waals surface area contributed by atoms with Crippen LogP contribution in [0.1, 0.15) is 41.9 Å². The summed E-state index contributed by atoms with van der Waals surface area (Å²) >= 11 is 6.03. The molecule has 0 fully saturated rings. The van der Waals surface area contributed by atoms with Crippen LogP contribution < -0.4 is 5.73 Å². The molecule has 4 nitrogen and oxygen atoms in total. The van der Waals surface area contributed by atoms with Gasteiger partial charge in [0.25, 0.3) is 0 Å². The molecule has 5 heteroatoms. The van der Waals surface area contributed by atoms with Gasteiger partial charge in [-0.2, -0.15) is 0 Å². The zero-order chi connectivity index (χ0) is 14.0. The number of hydrogen-bond acceptors (Lipinski definition) is 3. The van der Waals surface area contributed by atoms with Crippen molar-refractivity contribution in [2.75, 3.05) is 6.54 Å². The van der Waals surface area contributed by atoms with Crippen LogP contribution in [0, 0.1) is 0 Å². The van der Waals surface area contributed by atoms with E-state index in [-0.39, 0.29) is 17.3 Å². The lowest BCUT2D eigenvalue weighted by Gasteiger charge is -2.20. The normalized spacial score (nSPS) is 16.5. The molecule has 0 saturated carbocycles. The van der Waals surface area contributed by atoms with Crippen LogP contribution in [0.2, 0.25) is 5.02 Å². The molecule has 1 atom stereocenters. The van der Waals surface area contributed by atoms with Gasteiger partial charge in [0.05, 0.1) is 10.9 Å². The fraction of sp³-hybridized carbons (Fsp3) is 0.500. The number of aliphatic carboxylic acids is 1. The van der Waals surface area contributed by atoms with Crippen molar-refractivity contribution in [1.82, 2.24) is 0 Å². The number of halogens is 1. The molecule has 1 aromatic rings. The lowest BCUT2D eigenvalue weighted by molar-refractivity contribution is -0.138. The van der Waals surface area contributed by atoms with Gasteiger partial charge in [0.2, 0.25) is 0 Å². The second kappa shape index (κ2) is 5.80. The Hall–Kier alpha value is -1.26. The van der Waals surface area contributed by atoms with Gasteiger partial charge >= 0.3 is 5.97 Å². The minimum absolute atomic E-state index is 0.0460. The number of hydrogen-bond donors (Lipinski definition) is 3. The zero-order valence-electron chi connectivity index (χ0n) is 10.7. The number of carbonyl (C=O) groups is 1. The van der Waals surface area contributed by atoms with Crippen LogP contribution in [0.5, 0.6) is 5.75 Å². The minimum atomic E-state index is -1.02. The maximum atomic E-state index is 11.3. The molecule has 0 aliphatic heterocycles. The molecule has 1 aliphatic rings.